The van der Waals surface area contributed by atoms with E-state index in [0.29, 0.717) is 6.42 Å². The van der Waals surface area contributed by atoms with E-state index < -0.39 is 42.4 Å². The number of fused-ring (bicyclic) bond motifs is 1. The SMILES string of the molecule is O=C(O)N[C@H]1CO[C@H](C(=O)NNC(=O)C2CC(OC(F)(F)F)C2)C2CC21. The molecule has 1 saturated heterocycles. The number of alkyl halides is 3. The van der Waals surface area contributed by atoms with Crippen LogP contribution in [-0.2, 0) is 19.1 Å². The summed E-state index contributed by atoms with van der Waals surface area (Å²) in [7, 11) is 0. The van der Waals surface area contributed by atoms with Crippen LogP contribution in [0.1, 0.15) is 19.3 Å². The van der Waals surface area contributed by atoms with Crippen molar-refractivity contribution >= 4 is 17.9 Å². The van der Waals surface area contributed by atoms with Gasteiger partial charge in [-0.25, -0.2) is 4.79 Å². The highest BCUT2D eigenvalue weighted by atomic mass is 19.4. The Hall–Kier alpha value is -2.08. The standard InChI is InChI=1S/C14H18F3N3O6/c15-14(16,17)26-6-1-5(2-6)11(21)19-20-12(22)10-8-3-7(8)9(4-25-10)18-13(23)24/h5-10,18H,1-4H2,(H,19,21)(H,20,22)(H,23,24)/t5?,6?,7?,8?,9-,10-/m0/s1. The van der Waals surface area contributed by atoms with Crippen molar-refractivity contribution in [1.82, 2.24) is 16.2 Å². The van der Waals surface area contributed by atoms with Gasteiger partial charge >= 0.3 is 12.5 Å². The largest absolute Gasteiger partial charge is 0.522 e. The molecule has 3 rings (SSSR count). The molecule has 12 heteroatoms. The molecule has 0 aromatic rings. The normalized spacial score (nSPS) is 35.5. The van der Waals surface area contributed by atoms with Gasteiger partial charge < -0.3 is 15.2 Å². The molecule has 1 aliphatic heterocycles. The second-order valence-electron chi connectivity index (χ2n) is 6.71. The lowest BCUT2D eigenvalue weighted by atomic mass is 9.82. The first-order chi connectivity index (χ1) is 12.1. The molecule has 0 bridgehead atoms. The maximum absolute atomic E-state index is 12.1. The summed E-state index contributed by atoms with van der Waals surface area (Å²) in [5.74, 6) is -1.94. The fraction of sp³-hybridized carbons (Fsp3) is 0.786. The van der Waals surface area contributed by atoms with Crippen LogP contribution in [0.25, 0.3) is 0 Å². The number of carbonyl (C=O) groups is 3. The molecule has 3 aliphatic rings. The van der Waals surface area contributed by atoms with Gasteiger partial charge in [0.05, 0.1) is 18.8 Å². The van der Waals surface area contributed by atoms with Gasteiger partial charge in [0.15, 0.2) is 0 Å². The van der Waals surface area contributed by atoms with Crippen LogP contribution in [-0.4, -0.2) is 54.2 Å². The molecule has 0 aromatic carbocycles. The van der Waals surface area contributed by atoms with Gasteiger partial charge in [0.25, 0.3) is 5.91 Å². The van der Waals surface area contributed by atoms with Gasteiger partial charge in [0, 0.05) is 5.92 Å². The van der Waals surface area contributed by atoms with Crippen LogP contribution in [0.2, 0.25) is 0 Å². The zero-order valence-corrected chi connectivity index (χ0v) is 13.4. The Balaban J connectivity index is 1.37. The summed E-state index contributed by atoms with van der Waals surface area (Å²) in [4.78, 5) is 34.6. The molecule has 0 aromatic heterocycles. The van der Waals surface area contributed by atoms with Crippen molar-refractivity contribution in [1.29, 1.82) is 0 Å². The van der Waals surface area contributed by atoms with Crippen molar-refractivity contribution in [3.05, 3.63) is 0 Å². The number of rotatable bonds is 4. The first-order valence-electron chi connectivity index (χ1n) is 8.09. The molecule has 9 nitrogen and oxygen atoms in total. The Morgan fingerprint density at radius 2 is 1.69 bits per heavy atom. The minimum atomic E-state index is -4.73. The summed E-state index contributed by atoms with van der Waals surface area (Å²) in [6.07, 6.45) is -7.25. The highest BCUT2D eigenvalue weighted by Gasteiger charge is 2.54. The van der Waals surface area contributed by atoms with E-state index in [1.165, 1.54) is 0 Å². The molecule has 1 heterocycles. The maximum atomic E-state index is 12.1. The molecule has 2 aliphatic carbocycles. The summed E-state index contributed by atoms with van der Waals surface area (Å²) >= 11 is 0. The van der Waals surface area contributed by atoms with Gasteiger partial charge in [-0.15, -0.1) is 13.2 Å². The first kappa shape index (κ1) is 18.7. The van der Waals surface area contributed by atoms with Crippen LogP contribution >= 0.6 is 0 Å². The van der Waals surface area contributed by atoms with E-state index in [4.69, 9.17) is 9.84 Å². The van der Waals surface area contributed by atoms with Crippen LogP contribution in [0, 0.1) is 17.8 Å². The second-order valence-corrected chi connectivity index (χ2v) is 6.71. The number of carboxylic acid groups (broad SMARTS) is 1. The van der Waals surface area contributed by atoms with Crippen molar-refractivity contribution in [2.45, 2.75) is 43.9 Å². The molecule has 2 saturated carbocycles. The van der Waals surface area contributed by atoms with Crippen LogP contribution in [0.3, 0.4) is 0 Å². The highest BCUT2D eigenvalue weighted by molar-refractivity contribution is 5.86. The zero-order chi connectivity index (χ0) is 19.1. The van der Waals surface area contributed by atoms with Crippen molar-refractivity contribution in [3.8, 4) is 0 Å². The molecular weight excluding hydrogens is 363 g/mol. The zero-order valence-electron chi connectivity index (χ0n) is 13.4. The van der Waals surface area contributed by atoms with Gasteiger partial charge in [-0.2, -0.15) is 0 Å². The van der Waals surface area contributed by atoms with Gasteiger partial charge in [-0.3, -0.25) is 25.2 Å². The fourth-order valence-corrected chi connectivity index (χ4v) is 3.44. The van der Waals surface area contributed by atoms with E-state index in [1.54, 1.807) is 0 Å². The van der Waals surface area contributed by atoms with Crippen LogP contribution < -0.4 is 16.2 Å². The molecule has 0 spiro atoms. The molecule has 146 valence electrons. The Morgan fingerprint density at radius 1 is 1.04 bits per heavy atom. The molecule has 26 heavy (non-hydrogen) atoms. The minimum Gasteiger partial charge on any atom is -0.465 e. The monoisotopic (exact) mass is 381 g/mol. The Morgan fingerprint density at radius 3 is 2.31 bits per heavy atom. The summed E-state index contributed by atoms with van der Waals surface area (Å²) in [5.41, 5.74) is 4.40. The third kappa shape index (κ3) is 4.36. The number of hydrogen-bond donors (Lipinski definition) is 4. The molecule has 3 amide bonds. The van der Waals surface area contributed by atoms with E-state index in [0.717, 1.165) is 0 Å². The van der Waals surface area contributed by atoms with Crippen molar-refractivity contribution < 1.29 is 42.1 Å². The summed E-state index contributed by atoms with van der Waals surface area (Å²) in [5, 5.41) is 11.1. The van der Waals surface area contributed by atoms with Crippen LogP contribution in [0.4, 0.5) is 18.0 Å². The lowest BCUT2D eigenvalue weighted by Crippen LogP contribution is -2.54. The van der Waals surface area contributed by atoms with E-state index in [2.05, 4.69) is 20.9 Å². The topological polar surface area (TPSA) is 126 Å². The number of ether oxygens (including phenoxy) is 2. The van der Waals surface area contributed by atoms with Crippen molar-refractivity contribution in [2.75, 3.05) is 6.61 Å². The summed E-state index contributed by atoms with van der Waals surface area (Å²) < 4.78 is 45.2. The smallest absolute Gasteiger partial charge is 0.465 e. The van der Waals surface area contributed by atoms with E-state index >= 15 is 0 Å². The molecule has 0 radical (unpaired) electrons. The Bertz CT molecular complexity index is 595. The van der Waals surface area contributed by atoms with Gasteiger partial charge in [-0.1, -0.05) is 0 Å². The van der Waals surface area contributed by atoms with Gasteiger partial charge in [0.1, 0.15) is 6.10 Å². The van der Waals surface area contributed by atoms with Gasteiger partial charge in [-0.05, 0) is 31.1 Å². The third-order valence-electron chi connectivity index (χ3n) is 4.89. The first-order valence-corrected chi connectivity index (χ1v) is 8.09. The highest BCUT2D eigenvalue weighted by Crippen LogP contribution is 2.48. The lowest BCUT2D eigenvalue weighted by Gasteiger charge is -2.34. The second kappa shape index (κ2) is 6.91. The number of hydrogen-bond acceptors (Lipinski definition) is 5. The van der Waals surface area contributed by atoms with E-state index in [-0.39, 0.29) is 37.3 Å². The number of nitrogens with one attached hydrogen (secondary N) is 3. The Labute approximate surface area is 145 Å². The quantitative estimate of drug-likeness (QED) is 0.513. The van der Waals surface area contributed by atoms with Crippen molar-refractivity contribution in [2.24, 2.45) is 17.8 Å². The van der Waals surface area contributed by atoms with Crippen LogP contribution in [0.5, 0.6) is 0 Å². The number of amides is 3. The molecule has 2 unspecified atom stereocenters. The summed E-state index contributed by atoms with van der Waals surface area (Å²) in [6.45, 7) is 0.0542. The number of hydrazine groups is 1. The van der Waals surface area contributed by atoms with Gasteiger partial charge in [0.2, 0.25) is 5.91 Å². The average Bonchev–Trinajstić information content (AvgIpc) is 3.27. The predicted octanol–water partition coefficient (Wildman–Crippen LogP) is 0.120. The number of halogens is 3. The molecular formula is C14H18F3N3O6. The van der Waals surface area contributed by atoms with Crippen molar-refractivity contribution in [3.63, 3.8) is 0 Å². The third-order valence-corrected chi connectivity index (χ3v) is 4.89. The molecule has 4 atom stereocenters. The predicted molar refractivity (Wildman–Crippen MR) is 76.2 cm³/mol. The fourth-order valence-electron chi connectivity index (χ4n) is 3.44. The lowest BCUT2D eigenvalue weighted by molar-refractivity contribution is -0.353. The molecule has 4 N–H and O–H groups in total. The summed E-state index contributed by atoms with van der Waals surface area (Å²) in [6, 6.07) is -0.364. The van der Waals surface area contributed by atoms with Crippen LogP contribution in [0.15, 0.2) is 0 Å². The average molecular weight is 381 g/mol. The van der Waals surface area contributed by atoms with E-state index in [1.807, 2.05) is 0 Å². The number of carbonyl (C=O) groups excluding carboxylic acids is 2. The maximum Gasteiger partial charge on any atom is 0.522 e. The van der Waals surface area contributed by atoms with E-state index in [9.17, 15) is 27.6 Å². The molecule has 3 fully saturated rings. The Kier molecular flexibility index (Phi) is 4.97. The minimum absolute atomic E-state index is 0.0122.